The molecular formula is C19H20N4O2. The Bertz CT molecular complexity index is 1060. The second kappa shape index (κ2) is 5.37. The van der Waals surface area contributed by atoms with Crippen molar-refractivity contribution in [3.8, 4) is 6.01 Å². The van der Waals surface area contributed by atoms with Crippen LogP contribution in [-0.2, 0) is 6.42 Å². The first kappa shape index (κ1) is 14.6. The summed E-state index contributed by atoms with van der Waals surface area (Å²) < 4.78 is 11.4. The van der Waals surface area contributed by atoms with Crippen LogP contribution < -0.4 is 20.4 Å². The van der Waals surface area contributed by atoms with Gasteiger partial charge in [-0.15, -0.1) is 0 Å². The number of H-pyrrole nitrogens is 1. The molecule has 0 spiro atoms. The van der Waals surface area contributed by atoms with Gasteiger partial charge in [-0.3, -0.25) is 0 Å². The lowest BCUT2D eigenvalue weighted by Crippen LogP contribution is -2.33. The van der Waals surface area contributed by atoms with Crippen LogP contribution in [0, 0.1) is 0 Å². The summed E-state index contributed by atoms with van der Waals surface area (Å²) in [6, 6.07) is 5.39. The minimum atomic E-state index is -0.0864. The number of benzene rings is 1. The van der Waals surface area contributed by atoms with Crippen LogP contribution in [0.2, 0.25) is 0 Å². The molecule has 0 fully saturated rings. The number of aromatic amines is 1. The average molecular weight is 336 g/mol. The summed E-state index contributed by atoms with van der Waals surface area (Å²) in [5.41, 5.74) is 5.44. The van der Waals surface area contributed by atoms with E-state index >= 15 is 0 Å². The molecule has 6 nitrogen and oxygen atoms in total. The number of oxazole rings is 1. The lowest BCUT2D eigenvalue weighted by atomic mass is 9.96. The van der Waals surface area contributed by atoms with Crippen LogP contribution in [0.3, 0.4) is 0 Å². The molecule has 2 atom stereocenters. The summed E-state index contributed by atoms with van der Waals surface area (Å²) in [6.45, 7) is 2.26. The third kappa shape index (κ3) is 2.32. The van der Waals surface area contributed by atoms with Crippen molar-refractivity contribution < 1.29 is 9.15 Å². The molecule has 1 N–H and O–H groups in total. The number of rotatable bonds is 2. The Balaban J connectivity index is 1.49. The van der Waals surface area contributed by atoms with Crippen LogP contribution in [0.5, 0.6) is 6.01 Å². The summed E-state index contributed by atoms with van der Waals surface area (Å²) in [7, 11) is 2.15. The fourth-order valence-corrected chi connectivity index (χ4v) is 3.75. The van der Waals surface area contributed by atoms with E-state index < -0.39 is 0 Å². The largest absolute Gasteiger partial charge is 0.457 e. The van der Waals surface area contributed by atoms with Crippen LogP contribution in [0.25, 0.3) is 23.2 Å². The Morgan fingerprint density at radius 3 is 3.20 bits per heavy atom. The van der Waals surface area contributed by atoms with Gasteiger partial charge in [0.15, 0.2) is 11.8 Å². The summed E-state index contributed by atoms with van der Waals surface area (Å²) in [5.74, 6) is 0. The number of hydrogen-bond donors (Lipinski definition) is 1. The zero-order valence-corrected chi connectivity index (χ0v) is 14.3. The first-order chi connectivity index (χ1) is 12.2. The van der Waals surface area contributed by atoms with Crippen molar-refractivity contribution in [2.75, 3.05) is 11.9 Å². The Morgan fingerprint density at radius 2 is 2.28 bits per heavy atom. The molecule has 5 rings (SSSR count). The normalized spacial score (nSPS) is 22.1. The second-order valence-corrected chi connectivity index (χ2v) is 6.86. The van der Waals surface area contributed by atoms with Crippen molar-refractivity contribution in [3.63, 3.8) is 0 Å². The van der Waals surface area contributed by atoms with Gasteiger partial charge in [0.05, 0.1) is 11.0 Å². The molecule has 0 saturated heterocycles. The Labute approximate surface area is 144 Å². The van der Waals surface area contributed by atoms with Crippen molar-refractivity contribution in [2.24, 2.45) is 0 Å². The maximum absolute atomic E-state index is 6.06. The molecule has 1 aromatic carbocycles. The molecule has 3 heterocycles. The van der Waals surface area contributed by atoms with Gasteiger partial charge in [0.2, 0.25) is 0 Å². The summed E-state index contributed by atoms with van der Waals surface area (Å²) >= 11 is 0. The third-order valence-electron chi connectivity index (χ3n) is 5.33. The van der Waals surface area contributed by atoms with Gasteiger partial charge in [0.1, 0.15) is 11.5 Å². The predicted molar refractivity (Wildman–Crippen MR) is 96.0 cm³/mol. The number of imidazole rings is 1. The highest BCUT2D eigenvalue weighted by molar-refractivity contribution is 5.86. The second-order valence-electron chi connectivity index (χ2n) is 6.86. The van der Waals surface area contributed by atoms with E-state index in [2.05, 4.69) is 41.0 Å². The maximum Gasteiger partial charge on any atom is 0.295 e. The SMILES string of the molecule is CC1CCc2c(ccc3[nH]c(OC4C=c5ncoc5=CC4)nc23)N1C. The zero-order chi connectivity index (χ0) is 17.0. The van der Waals surface area contributed by atoms with Crippen molar-refractivity contribution in [1.29, 1.82) is 0 Å². The lowest BCUT2D eigenvalue weighted by molar-refractivity contribution is 0.250. The van der Waals surface area contributed by atoms with Crippen LogP contribution in [0.4, 0.5) is 5.69 Å². The zero-order valence-electron chi connectivity index (χ0n) is 14.3. The van der Waals surface area contributed by atoms with E-state index in [1.165, 1.54) is 17.6 Å². The van der Waals surface area contributed by atoms with Gasteiger partial charge < -0.3 is 19.0 Å². The molecule has 2 unspecified atom stereocenters. The van der Waals surface area contributed by atoms with E-state index in [-0.39, 0.29) is 6.10 Å². The van der Waals surface area contributed by atoms with Gasteiger partial charge in [-0.05, 0) is 44.1 Å². The molecule has 6 heteroatoms. The summed E-state index contributed by atoms with van der Waals surface area (Å²) in [6.07, 6.45) is 8.31. The van der Waals surface area contributed by atoms with Crippen molar-refractivity contribution in [3.05, 3.63) is 34.9 Å². The minimum absolute atomic E-state index is 0.0864. The van der Waals surface area contributed by atoms with Gasteiger partial charge in [-0.2, -0.15) is 4.98 Å². The van der Waals surface area contributed by atoms with Gasteiger partial charge >= 0.3 is 0 Å². The van der Waals surface area contributed by atoms with E-state index in [9.17, 15) is 0 Å². The molecule has 0 saturated carbocycles. The van der Waals surface area contributed by atoms with Gasteiger partial charge in [0.25, 0.3) is 6.01 Å². The number of aryl methyl sites for hydroxylation is 1. The molecule has 1 aliphatic carbocycles. The van der Waals surface area contributed by atoms with Crippen molar-refractivity contribution >= 4 is 28.9 Å². The number of anilines is 1. The molecule has 0 bridgehead atoms. The van der Waals surface area contributed by atoms with Gasteiger partial charge in [0, 0.05) is 30.8 Å². The summed E-state index contributed by atoms with van der Waals surface area (Å²) in [5, 5.41) is 0.834. The van der Waals surface area contributed by atoms with Crippen molar-refractivity contribution in [2.45, 2.75) is 38.3 Å². The number of nitrogens with zero attached hydrogens (tertiary/aromatic N) is 3. The van der Waals surface area contributed by atoms with Crippen LogP contribution in [0.1, 0.15) is 25.3 Å². The molecule has 1 aliphatic heterocycles. The Morgan fingerprint density at radius 1 is 1.36 bits per heavy atom. The molecule has 0 amide bonds. The fourth-order valence-electron chi connectivity index (χ4n) is 3.75. The number of hydrogen-bond acceptors (Lipinski definition) is 5. The summed E-state index contributed by atoms with van der Waals surface area (Å²) in [4.78, 5) is 14.6. The first-order valence-corrected chi connectivity index (χ1v) is 8.71. The minimum Gasteiger partial charge on any atom is -0.457 e. The molecular weight excluding hydrogens is 316 g/mol. The van der Waals surface area contributed by atoms with Crippen LogP contribution in [-0.4, -0.2) is 34.1 Å². The van der Waals surface area contributed by atoms with Gasteiger partial charge in [-0.1, -0.05) is 0 Å². The molecule has 2 aliphatic rings. The monoisotopic (exact) mass is 336 g/mol. The molecule has 2 aromatic heterocycles. The highest BCUT2D eigenvalue weighted by Crippen LogP contribution is 2.35. The highest BCUT2D eigenvalue weighted by Gasteiger charge is 2.23. The third-order valence-corrected chi connectivity index (χ3v) is 5.33. The molecule has 0 radical (unpaired) electrons. The highest BCUT2D eigenvalue weighted by atomic mass is 16.5. The fraction of sp³-hybridized carbons (Fsp3) is 0.368. The molecule has 128 valence electrons. The van der Waals surface area contributed by atoms with Crippen LogP contribution in [0.15, 0.2) is 22.9 Å². The first-order valence-electron chi connectivity index (χ1n) is 8.71. The average Bonchev–Trinajstić information content (AvgIpc) is 3.23. The number of ether oxygens (including phenoxy) is 1. The smallest absolute Gasteiger partial charge is 0.295 e. The van der Waals surface area contributed by atoms with E-state index in [0.29, 0.717) is 12.1 Å². The maximum atomic E-state index is 6.06. The number of aromatic nitrogens is 3. The Hall–Kier alpha value is -2.76. The molecule has 25 heavy (non-hydrogen) atoms. The number of fused-ring (bicyclic) bond motifs is 4. The van der Waals surface area contributed by atoms with Crippen LogP contribution >= 0.6 is 0 Å². The standard InChI is InChI=1S/C19H20N4O2/c1-11-3-5-13-16(23(11)2)7-6-14-18(13)22-19(21-14)25-12-4-8-17-15(9-12)20-10-24-17/h6-12H,3-5H2,1-2H3,(H,21,22). The van der Waals surface area contributed by atoms with Crippen molar-refractivity contribution in [1.82, 2.24) is 15.0 Å². The van der Waals surface area contributed by atoms with E-state index in [1.807, 2.05) is 12.2 Å². The lowest BCUT2D eigenvalue weighted by Gasteiger charge is -2.33. The molecule has 3 aromatic rings. The number of nitrogens with one attached hydrogen (secondary N) is 1. The van der Waals surface area contributed by atoms with Gasteiger partial charge in [-0.25, -0.2) is 4.98 Å². The quantitative estimate of drug-likeness (QED) is 0.772. The van der Waals surface area contributed by atoms with E-state index in [0.717, 1.165) is 41.1 Å². The topological polar surface area (TPSA) is 67.2 Å². The Kier molecular flexibility index (Phi) is 3.13. The van der Waals surface area contributed by atoms with E-state index in [1.54, 1.807) is 0 Å². The predicted octanol–water partition coefficient (Wildman–Crippen LogP) is 1.73. The van der Waals surface area contributed by atoms with E-state index in [4.69, 9.17) is 14.1 Å².